The molecule has 0 radical (unpaired) electrons. The molecule has 2 atom stereocenters. The van der Waals surface area contributed by atoms with Gasteiger partial charge in [-0.1, -0.05) is 64.6 Å². The molecule has 0 spiro atoms. The Morgan fingerprint density at radius 2 is 1.84 bits per heavy atom. The average Bonchev–Trinajstić information content (AvgIpc) is 3.06. The number of amides is 1. The van der Waals surface area contributed by atoms with Crippen LogP contribution in [0, 0.1) is 6.92 Å². The largest absolute Gasteiger partial charge is 0.410 e. The fourth-order valence-electron chi connectivity index (χ4n) is 3.53. The first-order valence-corrected chi connectivity index (χ1v) is 10.6. The summed E-state index contributed by atoms with van der Waals surface area (Å²) in [4.78, 5) is 12.8. The zero-order valence-corrected chi connectivity index (χ0v) is 18.7. The van der Waals surface area contributed by atoms with Crippen molar-refractivity contribution in [3.05, 3.63) is 74.4 Å². The minimum Gasteiger partial charge on any atom is -0.362 e. The first kappa shape index (κ1) is 22.8. The summed E-state index contributed by atoms with van der Waals surface area (Å²) in [6.45, 7) is 1.89. The Kier molecular flexibility index (Phi) is 6.04. The second kappa shape index (κ2) is 8.50. The van der Waals surface area contributed by atoms with Crippen molar-refractivity contribution in [1.29, 1.82) is 0 Å². The van der Waals surface area contributed by atoms with Crippen LogP contribution >= 0.6 is 34.8 Å². The van der Waals surface area contributed by atoms with Crippen LogP contribution < -0.4 is 10.6 Å². The van der Waals surface area contributed by atoms with Crippen molar-refractivity contribution in [3.8, 4) is 0 Å². The number of aryl methyl sites for hydroxylation is 1. The minimum absolute atomic E-state index is 0.0758. The van der Waals surface area contributed by atoms with E-state index in [0.29, 0.717) is 10.6 Å². The molecule has 168 valence electrons. The van der Waals surface area contributed by atoms with Gasteiger partial charge in [-0.05, 0) is 30.7 Å². The number of benzene rings is 2. The quantitative estimate of drug-likeness (QED) is 0.402. The van der Waals surface area contributed by atoms with Crippen LogP contribution in [-0.4, -0.2) is 21.9 Å². The van der Waals surface area contributed by atoms with Gasteiger partial charge in [-0.2, -0.15) is 18.3 Å². The second-order valence-corrected chi connectivity index (χ2v) is 8.66. The van der Waals surface area contributed by atoms with Crippen molar-refractivity contribution >= 4 is 52.2 Å². The number of rotatable bonds is 3. The number of fused-ring (bicyclic) bond motifs is 1. The van der Waals surface area contributed by atoms with E-state index in [9.17, 15) is 18.0 Å². The standard InChI is InChI=1S/C21H16Cl3F3N4O/c1-10-2-4-11(5-3-10)14-9-16(21(25,26)27)31-19(28-14)17(24)18(30-31)20(32)29-15-8-12(22)6-7-13(15)23/h2-8,14,16,28H,9H2,1H3,(H,29,32)/t14-,16-/m1/s1. The highest BCUT2D eigenvalue weighted by Gasteiger charge is 2.47. The zero-order valence-electron chi connectivity index (χ0n) is 16.5. The smallest absolute Gasteiger partial charge is 0.362 e. The summed E-state index contributed by atoms with van der Waals surface area (Å²) >= 11 is 18.3. The molecular weight excluding hydrogens is 488 g/mol. The Morgan fingerprint density at radius 1 is 1.16 bits per heavy atom. The first-order chi connectivity index (χ1) is 15.0. The van der Waals surface area contributed by atoms with Gasteiger partial charge < -0.3 is 10.6 Å². The van der Waals surface area contributed by atoms with Crippen LogP contribution in [0.4, 0.5) is 24.7 Å². The van der Waals surface area contributed by atoms with Crippen molar-refractivity contribution in [2.75, 3.05) is 10.6 Å². The third-order valence-electron chi connectivity index (χ3n) is 5.17. The molecule has 0 fully saturated rings. The molecule has 0 saturated heterocycles. The molecule has 0 saturated carbocycles. The summed E-state index contributed by atoms with van der Waals surface area (Å²) in [6, 6.07) is 8.96. The van der Waals surface area contributed by atoms with Gasteiger partial charge in [0.15, 0.2) is 11.7 Å². The van der Waals surface area contributed by atoms with E-state index < -0.39 is 24.2 Å². The van der Waals surface area contributed by atoms with Crippen LogP contribution in [0.5, 0.6) is 0 Å². The van der Waals surface area contributed by atoms with Crippen molar-refractivity contribution in [3.63, 3.8) is 0 Å². The fraction of sp³-hybridized carbons (Fsp3) is 0.238. The highest BCUT2D eigenvalue weighted by Crippen LogP contribution is 2.46. The van der Waals surface area contributed by atoms with Gasteiger partial charge in [0.1, 0.15) is 10.8 Å². The Balaban J connectivity index is 1.71. The third-order valence-corrected chi connectivity index (χ3v) is 6.09. The van der Waals surface area contributed by atoms with Gasteiger partial charge in [0.05, 0.1) is 16.8 Å². The number of hydrogen-bond donors (Lipinski definition) is 2. The molecule has 0 unspecified atom stereocenters. The highest BCUT2D eigenvalue weighted by molar-refractivity contribution is 6.38. The van der Waals surface area contributed by atoms with Crippen molar-refractivity contribution in [2.24, 2.45) is 0 Å². The van der Waals surface area contributed by atoms with Crippen molar-refractivity contribution in [2.45, 2.75) is 31.6 Å². The topological polar surface area (TPSA) is 59.0 Å². The summed E-state index contributed by atoms with van der Waals surface area (Å²) < 4.78 is 42.4. The maximum Gasteiger partial charge on any atom is 0.410 e. The summed E-state index contributed by atoms with van der Waals surface area (Å²) in [7, 11) is 0. The van der Waals surface area contributed by atoms with E-state index in [4.69, 9.17) is 34.8 Å². The number of hydrogen-bond acceptors (Lipinski definition) is 3. The highest BCUT2D eigenvalue weighted by atomic mass is 35.5. The summed E-state index contributed by atoms with van der Waals surface area (Å²) in [6.07, 6.45) is -4.90. The molecule has 2 N–H and O–H groups in total. The Labute approximate surface area is 196 Å². The maximum absolute atomic E-state index is 13.9. The number of nitrogens with zero attached hydrogens (tertiary/aromatic N) is 2. The predicted octanol–water partition coefficient (Wildman–Crippen LogP) is 7.06. The lowest BCUT2D eigenvalue weighted by Gasteiger charge is -2.33. The van der Waals surface area contributed by atoms with E-state index in [1.54, 1.807) is 12.1 Å². The number of alkyl halides is 3. The number of carbonyl (C=O) groups is 1. The number of halogens is 6. The molecule has 1 aliphatic heterocycles. The summed E-state index contributed by atoms with van der Waals surface area (Å²) in [5.74, 6) is -0.885. The van der Waals surface area contributed by atoms with Crippen LogP contribution in [0.2, 0.25) is 15.1 Å². The van der Waals surface area contributed by atoms with Gasteiger partial charge in [0, 0.05) is 11.4 Å². The molecule has 32 heavy (non-hydrogen) atoms. The van der Waals surface area contributed by atoms with Crippen molar-refractivity contribution < 1.29 is 18.0 Å². The zero-order chi connectivity index (χ0) is 23.2. The van der Waals surface area contributed by atoms with Gasteiger partial charge in [0.25, 0.3) is 5.91 Å². The van der Waals surface area contributed by atoms with Crippen LogP contribution in [0.3, 0.4) is 0 Å². The molecule has 4 rings (SSSR count). The Morgan fingerprint density at radius 3 is 2.50 bits per heavy atom. The lowest BCUT2D eigenvalue weighted by Crippen LogP contribution is -2.35. The average molecular weight is 504 g/mol. The molecule has 3 aromatic rings. The maximum atomic E-state index is 13.9. The van der Waals surface area contributed by atoms with Crippen molar-refractivity contribution in [1.82, 2.24) is 9.78 Å². The monoisotopic (exact) mass is 502 g/mol. The normalized spacial score (nSPS) is 18.1. The third kappa shape index (κ3) is 4.40. The summed E-state index contributed by atoms with van der Waals surface area (Å²) in [5, 5.41) is 9.71. The molecule has 11 heteroatoms. The van der Waals surface area contributed by atoms with Gasteiger partial charge in [-0.3, -0.25) is 4.79 Å². The predicted molar refractivity (Wildman–Crippen MR) is 119 cm³/mol. The molecule has 2 aromatic carbocycles. The van der Waals surface area contributed by atoms with Gasteiger partial charge >= 0.3 is 6.18 Å². The van der Waals surface area contributed by atoms with Crippen LogP contribution in [0.15, 0.2) is 42.5 Å². The molecule has 0 bridgehead atoms. The van der Waals surface area contributed by atoms with E-state index >= 15 is 0 Å². The van der Waals surface area contributed by atoms with Crippen LogP contribution in [0.1, 0.15) is 40.1 Å². The number of carbonyl (C=O) groups excluding carboxylic acids is 1. The second-order valence-electron chi connectivity index (χ2n) is 7.43. The van der Waals surface area contributed by atoms with Gasteiger partial charge in [-0.15, -0.1) is 0 Å². The minimum atomic E-state index is -4.60. The summed E-state index contributed by atoms with van der Waals surface area (Å²) in [5.41, 5.74) is 1.48. The number of nitrogens with one attached hydrogen (secondary N) is 2. The lowest BCUT2D eigenvalue weighted by atomic mass is 9.96. The number of anilines is 2. The Bertz CT molecular complexity index is 1180. The number of aromatic nitrogens is 2. The van der Waals surface area contributed by atoms with E-state index in [2.05, 4.69) is 15.7 Å². The van der Waals surface area contributed by atoms with E-state index in [-0.39, 0.29) is 33.7 Å². The first-order valence-electron chi connectivity index (χ1n) is 9.49. The SMILES string of the molecule is Cc1ccc([C@H]2C[C@H](C(F)(F)F)n3nc(C(=O)Nc4cc(Cl)ccc4Cl)c(Cl)c3N2)cc1. The lowest BCUT2D eigenvalue weighted by molar-refractivity contribution is -0.173. The molecular formula is C21H16Cl3F3N4O. The van der Waals surface area contributed by atoms with E-state index in [1.165, 1.54) is 18.2 Å². The molecule has 0 aliphatic carbocycles. The molecule has 2 heterocycles. The van der Waals surface area contributed by atoms with Gasteiger partial charge in [0.2, 0.25) is 0 Å². The molecule has 5 nitrogen and oxygen atoms in total. The van der Waals surface area contributed by atoms with Crippen LogP contribution in [-0.2, 0) is 0 Å². The van der Waals surface area contributed by atoms with E-state index in [1.807, 2.05) is 19.1 Å². The van der Waals surface area contributed by atoms with Gasteiger partial charge in [-0.25, -0.2) is 4.68 Å². The Hall–Kier alpha value is -2.42. The molecule has 1 aliphatic rings. The molecule has 1 aromatic heterocycles. The molecule has 1 amide bonds. The van der Waals surface area contributed by atoms with E-state index in [0.717, 1.165) is 10.2 Å². The van der Waals surface area contributed by atoms with Crippen LogP contribution in [0.25, 0.3) is 0 Å². The fourth-order valence-corrected chi connectivity index (χ4v) is 4.13.